The van der Waals surface area contributed by atoms with E-state index in [9.17, 15) is 4.79 Å². The largest absolute Gasteiger partial charge is 0.369 e. The number of carbonyl (C=O) groups is 1. The van der Waals surface area contributed by atoms with Crippen molar-refractivity contribution >= 4 is 53.3 Å². The molecule has 1 aromatic carbocycles. The van der Waals surface area contributed by atoms with Gasteiger partial charge in [-0.25, -0.2) is 9.97 Å². The highest BCUT2D eigenvalue weighted by atomic mass is 35.5. The smallest absolute Gasteiger partial charge is 0.289 e. The monoisotopic (exact) mass is 520 g/mol. The molecule has 2 saturated carbocycles. The number of aryl methyl sites for hydroxylation is 1. The molecule has 2 fully saturated rings. The van der Waals surface area contributed by atoms with Gasteiger partial charge in [0.1, 0.15) is 5.82 Å². The Hall–Kier alpha value is -2.12. The van der Waals surface area contributed by atoms with E-state index in [1.54, 1.807) is 0 Å². The van der Waals surface area contributed by atoms with Gasteiger partial charge < -0.3 is 16.0 Å². The van der Waals surface area contributed by atoms with Crippen LogP contribution in [0, 0.1) is 12.8 Å². The molecule has 0 radical (unpaired) electrons. The van der Waals surface area contributed by atoms with Crippen LogP contribution in [-0.2, 0) is 0 Å². The van der Waals surface area contributed by atoms with E-state index in [0.29, 0.717) is 18.5 Å². The van der Waals surface area contributed by atoms with Crippen molar-refractivity contribution in [2.24, 2.45) is 10.9 Å². The molecule has 0 bridgehead atoms. The van der Waals surface area contributed by atoms with E-state index in [-0.39, 0.29) is 42.6 Å². The van der Waals surface area contributed by atoms with Crippen molar-refractivity contribution in [1.29, 1.82) is 0 Å². The first-order valence-electron chi connectivity index (χ1n) is 12.8. The fourth-order valence-electron chi connectivity index (χ4n) is 5.51. The number of anilines is 1. The fraction of sp³-hybridized carbons (Fsp3) is 0.615. The highest BCUT2D eigenvalue weighted by Gasteiger charge is 2.28. The molecule has 192 valence electrons. The average molecular weight is 522 g/mol. The molecule has 3 N–H and O–H groups in total. The summed E-state index contributed by atoms with van der Waals surface area (Å²) in [5, 5.41) is 11.5. The highest BCUT2D eigenvalue weighted by molar-refractivity contribution is 5.96. The van der Waals surface area contributed by atoms with Gasteiger partial charge in [-0.15, -0.1) is 24.8 Å². The molecular formula is C26H38Cl2N6O. The number of hydrogen-bond donors (Lipinski definition) is 3. The summed E-state index contributed by atoms with van der Waals surface area (Å²) in [6.45, 7) is 3.73. The molecule has 1 aliphatic heterocycles. The molecule has 1 amide bonds. The molecule has 0 spiro atoms. The number of aliphatic imine (C=N–C) groups is 1. The number of rotatable bonds is 6. The van der Waals surface area contributed by atoms with E-state index < -0.39 is 0 Å². The van der Waals surface area contributed by atoms with Gasteiger partial charge in [0.15, 0.2) is 0 Å². The van der Waals surface area contributed by atoms with Crippen molar-refractivity contribution in [3.8, 4) is 0 Å². The van der Waals surface area contributed by atoms with Crippen LogP contribution < -0.4 is 16.0 Å². The Bertz CT molecular complexity index is 1040. The molecule has 2 aromatic rings. The Kier molecular flexibility index (Phi) is 9.99. The second kappa shape index (κ2) is 12.7. The maximum absolute atomic E-state index is 13.0. The fourth-order valence-corrected chi connectivity index (χ4v) is 5.51. The lowest BCUT2D eigenvalue weighted by Gasteiger charge is -2.34. The maximum atomic E-state index is 13.0. The van der Waals surface area contributed by atoms with Gasteiger partial charge in [0, 0.05) is 37.0 Å². The Morgan fingerprint density at radius 2 is 1.66 bits per heavy atom. The third-order valence-electron chi connectivity index (χ3n) is 7.39. The summed E-state index contributed by atoms with van der Waals surface area (Å²) in [6.07, 6.45) is 11.7. The summed E-state index contributed by atoms with van der Waals surface area (Å²) < 4.78 is 0. The first kappa shape index (κ1) is 27.5. The zero-order valence-electron chi connectivity index (χ0n) is 20.5. The Labute approximate surface area is 220 Å². The van der Waals surface area contributed by atoms with Gasteiger partial charge in [0.05, 0.1) is 11.4 Å². The minimum atomic E-state index is -0.175. The van der Waals surface area contributed by atoms with Gasteiger partial charge in [-0.05, 0) is 57.1 Å². The van der Waals surface area contributed by atoms with E-state index in [1.165, 1.54) is 38.5 Å². The van der Waals surface area contributed by atoms with Gasteiger partial charge in [0.25, 0.3) is 5.91 Å². The number of nitrogens with one attached hydrogen (secondary N) is 3. The number of amides is 1. The normalized spacial score (nSPS) is 22.1. The van der Waals surface area contributed by atoms with E-state index in [4.69, 9.17) is 4.98 Å². The molecule has 35 heavy (non-hydrogen) atoms. The third-order valence-corrected chi connectivity index (χ3v) is 7.39. The van der Waals surface area contributed by atoms with E-state index in [2.05, 4.69) is 38.9 Å². The Morgan fingerprint density at radius 3 is 2.37 bits per heavy atom. The van der Waals surface area contributed by atoms with Crippen LogP contribution in [0.5, 0.6) is 0 Å². The molecule has 9 heteroatoms. The van der Waals surface area contributed by atoms with Crippen LogP contribution in [-0.4, -0.2) is 46.9 Å². The standard InChI is InChI=1S/C26H36N6O.2ClH/c1-17-12-13-20-19(15-17)24(32-25(30-20)26(33)28-16-18-7-2-3-8-18)31-22-10-5-4-9-21(22)29-23-11-6-14-27-23;;/h12-13,15,18,21-22H,2-11,14,16H2,1H3,(H,27,29)(H,28,33)(H,30,31,32);2*1H/t21-,22+;;/m1../s1. The molecule has 0 saturated heterocycles. The number of carbonyl (C=O) groups excluding carboxylic acids is 1. The van der Waals surface area contributed by atoms with Crippen LogP contribution >= 0.6 is 24.8 Å². The number of fused-ring (bicyclic) bond motifs is 1. The van der Waals surface area contributed by atoms with E-state index in [0.717, 1.165) is 60.3 Å². The minimum absolute atomic E-state index is 0. The van der Waals surface area contributed by atoms with Crippen LogP contribution in [0.15, 0.2) is 23.2 Å². The van der Waals surface area contributed by atoms with Crippen molar-refractivity contribution in [2.75, 3.05) is 18.4 Å². The van der Waals surface area contributed by atoms with Gasteiger partial charge in [-0.3, -0.25) is 9.79 Å². The zero-order valence-corrected chi connectivity index (χ0v) is 22.1. The lowest BCUT2D eigenvalue weighted by Crippen LogP contribution is -2.48. The van der Waals surface area contributed by atoms with Crippen LogP contribution in [0.1, 0.15) is 80.4 Å². The van der Waals surface area contributed by atoms with Crippen LogP contribution in [0.25, 0.3) is 10.9 Å². The second-order valence-electron chi connectivity index (χ2n) is 10.00. The highest BCUT2D eigenvalue weighted by Crippen LogP contribution is 2.28. The molecule has 2 aliphatic carbocycles. The minimum Gasteiger partial charge on any atom is -0.369 e. The summed E-state index contributed by atoms with van der Waals surface area (Å²) in [6, 6.07) is 6.72. The summed E-state index contributed by atoms with van der Waals surface area (Å²) in [7, 11) is 0. The van der Waals surface area contributed by atoms with Crippen molar-refractivity contribution in [1.82, 2.24) is 20.6 Å². The maximum Gasteiger partial charge on any atom is 0.289 e. The predicted octanol–water partition coefficient (Wildman–Crippen LogP) is 5.21. The van der Waals surface area contributed by atoms with Gasteiger partial charge in [-0.1, -0.05) is 37.3 Å². The second-order valence-corrected chi connectivity index (χ2v) is 10.00. The summed E-state index contributed by atoms with van der Waals surface area (Å²) >= 11 is 0. The van der Waals surface area contributed by atoms with E-state index >= 15 is 0 Å². The van der Waals surface area contributed by atoms with Gasteiger partial charge >= 0.3 is 0 Å². The molecule has 5 rings (SSSR count). The molecule has 2 atom stereocenters. The predicted molar refractivity (Wildman–Crippen MR) is 147 cm³/mol. The number of hydrogen-bond acceptors (Lipinski definition) is 6. The van der Waals surface area contributed by atoms with Gasteiger partial charge in [0.2, 0.25) is 5.82 Å². The Balaban J connectivity index is 0.00000171. The lowest BCUT2D eigenvalue weighted by molar-refractivity contribution is 0.0937. The summed E-state index contributed by atoms with van der Waals surface area (Å²) in [5.41, 5.74) is 1.97. The molecule has 7 nitrogen and oxygen atoms in total. The number of nitrogens with zero attached hydrogens (tertiary/aromatic N) is 3. The SMILES string of the molecule is Cc1ccc2nc(C(=O)NCC3CCCC3)nc(N[C@H]3CCCC[C@H]3NC3=NCCC3)c2c1.Cl.Cl. The first-order valence-corrected chi connectivity index (χ1v) is 12.8. The topological polar surface area (TPSA) is 91.3 Å². The van der Waals surface area contributed by atoms with E-state index in [1.807, 2.05) is 12.1 Å². The lowest BCUT2D eigenvalue weighted by atomic mass is 9.90. The van der Waals surface area contributed by atoms with Crippen LogP contribution in [0.4, 0.5) is 5.82 Å². The Morgan fingerprint density at radius 1 is 0.943 bits per heavy atom. The molecular weight excluding hydrogens is 483 g/mol. The molecule has 0 unspecified atom stereocenters. The molecule has 3 aliphatic rings. The summed E-state index contributed by atoms with van der Waals surface area (Å²) in [5.74, 6) is 2.58. The molecule has 2 heterocycles. The summed E-state index contributed by atoms with van der Waals surface area (Å²) in [4.78, 5) is 27.0. The third kappa shape index (κ3) is 6.76. The average Bonchev–Trinajstić information content (AvgIpc) is 3.53. The van der Waals surface area contributed by atoms with Crippen molar-refractivity contribution in [3.05, 3.63) is 29.6 Å². The van der Waals surface area contributed by atoms with Crippen LogP contribution in [0.3, 0.4) is 0 Å². The number of amidine groups is 1. The molecule has 1 aromatic heterocycles. The van der Waals surface area contributed by atoms with Crippen LogP contribution in [0.2, 0.25) is 0 Å². The van der Waals surface area contributed by atoms with Crippen molar-refractivity contribution < 1.29 is 4.79 Å². The number of halogens is 2. The number of benzene rings is 1. The van der Waals surface area contributed by atoms with Crippen molar-refractivity contribution in [3.63, 3.8) is 0 Å². The zero-order chi connectivity index (χ0) is 22.6. The van der Waals surface area contributed by atoms with Crippen molar-refractivity contribution in [2.45, 2.75) is 83.2 Å². The quantitative estimate of drug-likeness (QED) is 0.486. The first-order chi connectivity index (χ1) is 16.2. The number of aromatic nitrogens is 2. The van der Waals surface area contributed by atoms with Gasteiger partial charge in [-0.2, -0.15) is 0 Å².